The molecule has 0 amide bonds. The number of thioether (sulfide) groups is 1. The summed E-state index contributed by atoms with van der Waals surface area (Å²) in [5, 5.41) is 21.3. The summed E-state index contributed by atoms with van der Waals surface area (Å²) in [4.78, 5) is 23.1. The van der Waals surface area contributed by atoms with Crippen molar-refractivity contribution in [3.8, 4) is 5.75 Å². The molecule has 0 bridgehead atoms. The summed E-state index contributed by atoms with van der Waals surface area (Å²) in [6.07, 6.45) is -0.154. The van der Waals surface area contributed by atoms with E-state index in [9.17, 15) is 9.59 Å². The van der Waals surface area contributed by atoms with Crippen LogP contribution in [0.25, 0.3) is 0 Å². The fraction of sp³-hybridized carbons (Fsp3) is 0.267. The lowest BCUT2D eigenvalue weighted by Crippen LogP contribution is -2.30. The second-order valence-electron chi connectivity index (χ2n) is 5.01. The molecule has 0 spiro atoms. The van der Waals surface area contributed by atoms with Crippen LogP contribution in [0.4, 0.5) is 0 Å². The van der Waals surface area contributed by atoms with E-state index >= 15 is 0 Å². The van der Waals surface area contributed by atoms with Gasteiger partial charge in [-0.3, -0.25) is 9.59 Å². The van der Waals surface area contributed by atoms with Gasteiger partial charge >= 0.3 is 5.97 Å². The zero-order valence-corrected chi connectivity index (χ0v) is 13.6. The summed E-state index contributed by atoms with van der Waals surface area (Å²) in [5.74, 6) is 0.262. The van der Waals surface area contributed by atoms with Crippen LogP contribution in [0.2, 0.25) is 0 Å². The van der Waals surface area contributed by atoms with Gasteiger partial charge in [-0.25, -0.2) is 0 Å². The molecule has 0 fully saturated rings. The molecule has 1 aliphatic rings. The Kier molecular flexibility index (Phi) is 4.61. The molecule has 9 heteroatoms. The van der Waals surface area contributed by atoms with E-state index in [1.165, 1.54) is 16.4 Å². The van der Waals surface area contributed by atoms with Crippen molar-refractivity contribution in [1.82, 2.24) is 14.9 Å². The Hall–Kier alpha value is -2.68. The molecule has 1 aliphatic heterocycles. The molecule has 0 unspecified atom stereocenters. The van der Waals surface area contributed by atoms with Crippen LogP contribution in [0.5, 0.6) is 5.75 Å². The average molecular weight is 346 g/mol. The molecule has 0 aliphatic carbocycles. The summed E-state index contributed by atoms with van der Waals surface area (Å²) < 4.78 is 6.39. The molecular formula is C15H14N4O4S. The Morgan fingerprint density at radius 3 is 3.00 bits per heavy atom. The maximum Gasteiger partial charge on any atom is 0.303 e. The molecule has 1 aromatic heterocycles. The van der Waals surface area contributed by atoms with E-state index in [1.54, 1.807) is 7.11 Å². The molecule has 0 radical (unpaired) electrons. The van der Waals surface area contributed by atoms with Gasteiger partial charge in [0, 0.05) is 17.7 Å². The maximum atomic E-state index is 12.4. The minimum Gasteiger partial charge on any atom is -0.497 e. The van der Waals surface area contributed by atoms with Crippen LogP contribution in [0.3, 0.4) is 0 Å². The number of fused-ring (bicyclic) bond motifs is 1. The van der Waals surface area contributed by atoms with E-state index in [4.69, 9.17) is 9.84 Å². The Bertz CT molecular complexity index is 878. The third kappa shape index (κ3) is 3.30. The van der Waals surface area contributed by atoms with Crippen molar-refractivity contribution in [3.63, 3.8) is 0 Å². The molecule has 2 heterocycles. The summed E-state index contributed by atoms with van der Waals surface area (Å²) in [5.41, 5.74) is 1.22. The standard InChI is InChI=1S/C15H14N4O4S/c1-23-10-4-2-3-9(7-10)12-8-24-15-17-16-11(5-6-13(20)21)14(22)19(15)18-12/h2-4,7H,5-6,8H2,1H3,(H,20,21). The topological polar surface area (TPSA) is 107 Å². The fourth-order valence-electron chi connectivity index (χ4n) is 2.18. The summed E-state index contributed by atoms with van der Waals surface area (Å²) in [7, 11) is 1.58. The third-order valence-electron chi connectivity index (χ3n) is 3.41. The summed E-state index contributed by atoms with van der Waals surface area (Å²) in [6, 6.07) is 7.41. The molecule has 0 atom stereocenters. The number of carbonyl (C=O) groups is 1. The first kappa shape index (κ1) is 16.2. The Balaban J connectivity index is 1.98. The number of methoxy groups -OCH3 is 1. The molecular weight excluding hydrogens is 332 g/mol. The number of hydrogen-bond acceptors (Lipinski definition) is 7. The van der Waals surface area contributed by atoms with Gasteiger partial charge in [-0.05, 0) is 12.1 Å². The normalized spacial score (nSPS) is 13.1. The molecule has 3 rings (SSSR count). The number of carboxylic acid groups (broad SMARTS) is 1. The van der Waals surface area contributed by atoms with E-state index in [2.05, 4.69) is 15.3 Å². The van der Waals surface area contributed by atoms with Gasteiger partial charge in [0.25, 0.3) is 5.56 Å². The quantitative estimate of drug-likeness (QED) is 0.861. The molecule has 0 saturated carbocycles. The molecule has 124 valence electrons. The average Bonchev–Trinajstić information content (AvgIpc) is 2.61. The van der Waals surface area contributed by atoms with E-state index < -0.39 is 11.5 Å². The van der Waals surface area contributed by atoms with Gasteiger partial charge < -0.3 is 9.84 Å². The number of rotatable bonds is 5. The largest absolute Gasteiger partial charge is 0.497 e. The molecule has 8 nitrogen and oxygen atoms in total. The van der Waals surface area contributed by atoms with Crippen LogP contribution in [0, 0.1) is 0 Å². The van der Waals surface area contributed by atoms with Gasteiger partial charge in [0.05, 0.1) is 19.2 Å². The molecule has 0 saturated heterocycles. The highest BCUT2D eigenvalue weighted by atomic mass is 32.2. The maximum absolute atomic E-state index is 12.4. The monoisotopic (exact) mass is 346 g/mol. The van der Waals surface area contributed by atoms with Crippen molar-refractivity contribution < 1.29 is 14.6 Å². The zero-order valence-electron chi connectivity index (χ0n) is 12.8. The number of aliphatic carboxylic acids is 1. The Morgan fingerprint density at radius 1 is 1.42 bits per heavy atom. The molecule has 1 N–H and O–H groups in total. The molecule has 1 aromatic carbocycles. The first-order chi connectivity index (χ1) is 11.6. The first-order valence-corrected chi connectivity index (χ1v) is 8.12. The van der Waals surface area contributed by atoms with E-state index in [1.807, 2.05) is 24.3 Å². The van der Waals surface area contributed by atoms with Gasteiger partial charge in [0.15, 0.2) is 0 Å². The first-order valence-electron chi connectivity index (χ1n) is 7.14. The van der Waals surface area contributed by atoms with Crippen molar-refractivity contribution in [1.29, 1.82) is 0 Å². The van der Waals surface area contributed by atoms with E-state index in [0.717, 1.165) is 5.56 Å². The van der Waals surface area contributed by atoms with Crippen LogP contribution >= 0.6 is 11.8 Å². The number of aromatic nitrogens is 3. The number of hydrogen-bond donors (Lipinski definition) is 1. The minimum absolute atomic E-state index is 0.0239. The lowest BCUT2D eigenvalue weighted by atomic mass is 10.1. The Labute approximate surface area is 141 Å². The zero-order chi connectivity index (χ0) is 17.1. The van der Waals surface area contributed by atoms with Gasteiger partial charge in [-0.2, -0.15) is 9.78 Å². The van der Waals surface area contributed by atoms with Gasteiger partial charge in [-0.1, -0.05) is 23.9 Å². The van der Waals surface area contributed by atoms with Crippen LogP contribution in [-0.2, 0) is 11.2 Å². The predicted octanol–water partition coefficient (Wildman–Crippen LogP) is 1.02. The van der Waals surface area contributed by atoms with Crippen molar-refractivity contribution in [2.75, 3.05) is 12.9 Å². The van der Waals surface area contributed by atoms with Crippen molar-refractivity contribution in [3.05, 3.63) is 45.9 Å². The lowest BCUT2D eigenvalue weighted by molar-refractivity contribution is -0.136. The van der Waals surface area contributed by atoms with Gasteiger partial charge in [0.2, 0.25) is 5.16 Å². The summed E-state index contributed by atoms with van der Waals surface area (Å²) >= 11 is 1.35. The van der Waals surface area contributed by atoms with E-state index in [0.29, 0.717) is 22.4 Å². The second kappa shape index (κ2) is 6.83. The number of ether oxygens (including phenoxy) is 1. The molecule has 24 heavy (non-hydrogen) atoms. The highest BCUT2D eigenvalue weighted by Crippen LogP contribution is 2.22. The SMILES string of the molecule is COc1cccc(C2=Nn3c(nnc(CCC(=O)O)c3=O)SC2)c1. The third-order valence-corrected chi connectivity index (χ3v) is 4.34. The van der Waals surface area contributed by atoms with Gasteiger partial charge in [0.1, 0.15) is 11.4 Å². The highest BCUT2D eigenvalue weighted by molar-refractivity contribution is 7.99. The number of nitrogens with zero attached hydrogens (tertiary/aromatic N) is 4. The van der Waals surface area contributed by atoms with Crippen LogP contribution < -0.4 is 10.3 Å². The van der Waals surface area contributed by atoms with Crippen molar-refractivity contribution in [2.24, 2.45) is 5.10 Å². The summed E-state index contributed by atoms with van der Waals surface area (Å²) in [6.45, 7) is 0. The molecule has 2 aromatic rings. The number of benzene rings is 1. The predicted molar refractivity (Wildman–Crippen MR) is 87.9 cm³/mol. The van der Waals surface area contributed by atoms with E-state index in [-0.39, 0.29) is 18.5 Å². The minimum atomic E-state index is -0.992. The Morgan fingerprint density at radius 2 is 2.25 bits per heavy atom. The lowest BCUT2D eigenvalue weighted by Gasteiger charge is -2.15. The van der Waals surface area contributed by atoms with Crippen LogP contribution in [0.1, 0.15) is 17.7 Å². The number of carboxylic acids is 1. The van der Waals surface area contributed by atoms with Crippen LogP contribution in [0.15, 0.2) is 39.3 Å². The van der Waals surface area contributed by atoms with Crippen molar-refractivity contribution >= 4 is 23.4 Å². The van der Waals surface area contributed by atoms with Gasteiger partial charge in [-0.15, -0.1) is 10.2 Å². The van der Waals surface area contributed by atoms with Crippen LogP contribution in [-0.4, -0.2) is 44.5 Å². The smallest absolute Gasteiger partial charge is 0.303 e. The second-order valence-corrected chi connectivity index (χ2v) is 5.95. The number of aryl methyl sites for hydroxylation is 1. The fourth-order valence-corrected chi connectivity index (χ4v) is 3.02. The highest BCUT2D eigenvalue weighted by Gasteiger charge is 2.20. The van der Waals surface area contributed by atoms with Crippen molar-refractivity contribution in [2.45, 2.75) is 18.0 Å².